The fourth-order valence-electron chi connectivity index (χ4n) is 1.50. The summed E-state index contributed by atoms with van der Waals surface area (Å²) in [5.74, 6) is 0. The molecule has 0 heterocycles. The first-order chi connectivity index (χ1) is 9.77. The molecular weight excluding hydrogens is 302 g/mol. The first-order valence-electron chi connectivity index (χ1n) is 5.77. The minimum Gasteiger partial charge on any atom is -0.383 e. The molecule has 0 saturated heterocycles. The second-order valence-electron chi connectivity index (χ2n) is 3.87. The highest BCUT2D eigenvalue weighted by atomic mass is 32.2. The Balaban J connectivity index is 2.90. The number of nitrogens with two attached hydrogens (primary N) is 1. The van der Waals surface area contributed by atoms with E-state index in [9.17, 15) is 23.3 Å². The molecule has 0 atom stereocenters. The van der Waals surface area contributed by atoms with E-state index in [1.54, 1.807) is 0 Å². The zero-order valence-electron chi connectivity index (χ0n) is 11.1. The van der Waals surface area contributed by atoms with Crippen LogP contribution < -0.4 is 21.1 Å². The number of nitro groups is 1. The lowest BCUT2D eigenvalue weighted by Gasteiger charge is -2.08. The number of nitrogens with one attached hydrogen (secondary N) is 3. The molecule has 0 spiro atoms. The highest BCUT2D eigenvalue weighted by Gasteiger charge is 2.20. The summed E-state index contributed by atoms with van der Waals surface area (Å²) in [5.41, 5.74) is 4.68. The van der Waals surface area contributed by atoms with Crippen molar-refractivity contribution >= 4 is 27.4 Å². The van der Waals surface area contributed by atoms with Crippen LogP contribution in [0.3, 0.4) is 0 Å². The molecule has 0 aliphatic rings. The molecule has 0 aromatic heterocycles. The number of nitro benzene ring substituents is 1. The molecule has 21 heavy (non-hydrogen) atoms. The lowest BCUT2D eigenvalue weighted by Crippen LogP contribution is -2.37. The maximum atomic E-state index is 12.0. The monoisotopic (exact) mass is 317 g/mol. The molecule has 116 valence electrons. The summed E-state index contributed by atoms with van der Waals surface area (Å²) in [5, 5.41) is 15.7. The number of rotatable bonds is 7. The van der Waals surface area contributed by atoms with Gasteiger partial charge in [-0.2, -0.15) is 0 Å². The highest BCUT2D eigenvalue weighted by molar-refractivity contribution is 7.89. The molecular formula is C10H15N5O5S. The van der Waals surface area contributed by atoms with Crippen LogP contribution in [0.1, 0.15) is 0 Å². The van der Waals surface area contributed by atoms with Crippen molar-refractivity contribution in [2.75, 3.05) is 25.5 Å². The van der Waals surface area contributed by atoms with Crippen LogP contribution in [0.2, 0.25) is 0 Å². The second kappa shape index (κ2) is 6.85. The van der Waals surface area contributed by atoms with Crippen LogP contribution >= 0.6 is 0 Å². The number of carbonyl (C=O) groups is 1. The average molecular weight is 317 g/mol. The molecule has 2 amide bonds. The Morgan fingerprint density at radius 2 is 2.05 bits per heavy atom. The summed E-state index contributed by atoms with van der Waals surface area (Å²) in [6, 6.07) is 2.72. The Morgan fingerprint density at radius 3 is 2.57 bits per heavy atom. The lowest BCUT2D eigenvalue weighted by molar-refractivity contribution is -0.384. The van der Waals surface area contributed by atoms with Crippen LogP contribution in [0, 0.1) is 10.1 Å². The van der Waals surface area contributed by atoms with Crippen molar-refractivity contribution < 1.29 is 18.1 Å². The number of sulfonamides is 1. The maximum Gasteiger partial charge on any atom is 0.312 e. The SMILES string of the molecule is CNc1ccc(S(=O)(=O)NCCNC(N)=O)cc1[N+](=O)[O-]. The van der Waals surface area contributed by atoms with E-state index in [1.165, 1.54) is 19.2 Å². The standard InChI is InChI=1S/C10H15N5O5S/c1-12-8-3-2-7(6-9(8)15(17)18)21(19,20)14-5-4-13-10(11)16/h2-3,6,12,14H,4-5H2,1H3,(H3,11,13,16). The van der Waals surface area contributed by atoms with Crippen molar-refractivity contribution in [2.24, 2.45) is 5.73 Å². The fourth-order valence-corrected chi connectivity index (χ4v) is 2.55. The maximum absolute atomic E-state index is 12.0. The predicted molar refractivity (Wildman–Crippen MR) is 75.4 cm³/mol. The van der Waals surface area contributed by atoms with Crippen molar-refractivity contribution in [3.05, 3.63) is 28.3 Å². The van der Waals surface area contributed by atoms with Crippen molar-refractivity contribution in [2.45, 2.75) is 4.90 Å². The Hall–Kier alpha value is -2.40. The largest absolute Gasteiger partial charge is 0.383 e. The van der Waals surface area contributed by atoms with Gasteiger partial charge in [-0.25, -0.2) is 17.9 Å². The van der Waals surface area contributed by atoms with E-state index >= 15 is 0 Å². The molecule has 10 nitrogen and oxygen atoms in total. The van der Waals surface area contributed by atoms with Crippen LogP contribution in [0.5, 0.6) is 0 Å². The summed E-state index contributed by atoms with van der Waals surface area (Å²) in [6.45, 7) is -0.0852. The number of carbonyl (C=O) groups excluding carboxylic acids is 1. The molecule has 0 bridgehead atoms. The molecule has 1 rings (SSSR count). The Morgan fingerprint density at radius 1 is 1.38 bits per heavy atom. The highest BCUT2D eigenvalue weighted by Crippen LogP contribution is 2.26. The Kier molecular flexibility index (Phi) is 5.44. The number of primary amides is 1. The van der Waals surface area contributed by atoms with Gasteiger partial charge in [-0.1, -0.05) is 0 Å². The van der Waals surface area contributed by atoms with Gasteiger partial charge in [0.15, 0.2) is 0 Å². The van der Waals surface area contributed by atoms with Crippen LogP contribution in [0.25, 0.3) is 0 Å². The van der Waals surface area contributed by atoms with Gasteiger partial charge in [0.25, 0.3) is 5.69 Å². The van der Waals surface area contributed by atoms with E-state index < -0.39 is 21.0 Å². The van der Waals surface area contributed by atoms with Crippen molar-refractivity contribution in [3.63, 3.8) is 0 Å². The van der Waals surface area contributed by atoms with Crippen LogP contribution in [-0.4, -0.2) is 39.5 Å². The molecule has 1 aromatic carbocycles. The number of hydrogen-bond donors (Lipinski definition) is 4. The quantitative estimate of drug-likeness (QED) is 0.304. The summed E-state index contributed by atoms with van der Waals surface area (Å²) >= 11 is 0. The third kappa shape index (κ3) is 4.57. The van der Waals surface area contributed by atoms with Gasteiger partial charge in [0, 0.05) is 26.2 Å². The van der Waals surface area contributed by atoms with Crippen molar-refractivity contribution in [3.8, 4) is 0 Å². The van der Waals surface area contributed by atoms with E-state index in [-0.39, 0.29) is 29.4 Å². The molecule has 0 saturated carbocycles. The number of nitrogens with zero attached hydrogens (tertiary/aromatic N) is 1. The van der Waals surface area contributed by atoms with E-state index in [4.69, 9.17) is 5.73 Å². The van der Waals surface area contributed by atoms with E-state index in [2.05, 4.69) is 15.4 Å². The molecule has 5 N–H and O–H groups in total. The van der Waals surface area contributed by atoms with Gasteiger partial charge in [-0.15, -0.1) is 0 Å². The van der Waals surface area contributed by atoms with Crippen molar-refractivity contribution in [1.82, 2.24) is 10.0 Å². The minimum atomic E-state index is -3.91. The number of urea groups is 1. The number of hydrogen-bond acceptors (Lipinski definition) is 6. The fraction of sp³-hybridized carbons (Fsp3) is 0.300. The lowest BCUT2D eigenvalue weighted by atomic mass is 10.3. The molecule has 0 fully saturated rings. The molecule has 0 radical (unpaired) electrons. The Bertz CT molecular complexity index is 645. The predicted octanol–water partition coefficient (Wildman–Crippen LogP) is -0.417. The third-order valence-electron chi connectivity index (χ3n) is 2.46. The smallest absolute Gasteiger partial charge is 0.312 e. The zero-order valence-corrected chi connectivity index (χ0v) is 11.9. The first kappa shape index (κ1) is 16.7. The van der Waals surface area contributed by atoms with E-state index in [1.807, 2.05) is 0 Å². The summed E-state index contributed by atoms with van der Waals surface area (Å²) < 4.78 is 26.1. The number of benzene rings is 1. The van der Waals surface area contributed by atoms with Gasteiger partial charge in [0.05, 0.1) is 9.82 Å². The molecule has 1 aromatic rings. The molecule has 0 aliphatic heterocycles. The number of anilines is 1. The molecule has 0 unspecified atom stereocenters. The second-order valence-corrected chi connectivity index (χ2v) is 5.64. The van der Waals surface area contributed by atoms with E-state index in [0.717, 1.165) is 6.07 Å². The van der Waals surface area contributed by atoms with Crippen molar-refractivity contribution in [1.29, 1.82) is 0 Å². The number of amides is 2. The van der Waals surface area contributed by atoms with Gasteiger partial charge in [0.1, 0.15) is 5.69 Å². The Labute approximate surface area is 120 Å². The van der Waals surface area contributed by atoms with Crippen LogP contribution in [0.4, 0.5) is 16.2 Å². The van der Waals surface area contributed by atoms with Gasteiger partial charge in [-0.3, -0.25) is 10.1 Å². The summed E-state index contributed by atoms with van der Waals surface area (Å²) in [7, 11) is -2.42. The van der Waals surface area contributed by atoms with Gasteiger partial charge in [0.2, 0.25) is 10.0 Å². The summed E-state index contributed by atoms with van der Waals surface area (Å²) in [6.07, 6.45) is 0. The van der Waals surface area contributed by atoms with Crippen LogP contribution in [-0.2, 0) is 10.0 Å². The minimum absolute atomic E-state index is 0.00521. The van der Waals surface area contributed by atoms with Gasteiger partial charge < -0.3 is 16.4 Å². The van der Waals surface area contributed by atoms with Gasteiger partial charge in [-0.05, 0) is 12.1 Å². The topological polar surface area (TPSA) is 156 Å². The summed E-state index contributed by atoms with van der Waals surface area (Å²) in [4.78, 5) is 20.4. The zero-order chi connectivity index (χ0) is 16.0. The van der Waals surface area contributed by atoms with E-state index in [0.29, 0.717) is 0 Å². The third-order valence-corrected chi connectivity index (χ3v) is 3.92. The molecule has 0 aliphatic carbocycles. The first-order valence-corrected chi connectivity index (χ1v) is 7.25. The average Bonchev–Trinajstić information content (AvgIpc) is 2.42. The van der Waals surface area contributed by atoms with Gasteiger partial charge >= 0.3 is 6.03 Å². The molecule has 11 heteroatoms. The van der Waals surface area contributed by atoms with Crippen LogP contribution in [0.15, 0.2) is 23.1 Å². The normalized spacial score (nSPS) is 10.9.